The summed E-state index contributed by atoms with van der Waals surface area (Å²) >= 11 is 0. The molecule has 24 heavy (non-hydrogen) atoms. The zero-order valence-electron chi connectivity index (χ0n) is 13.5. The first-order valence-electron chi connectivity index (χ1n) is 7.64. The van der Waals surface area contributed by atoms with Crippen LogP contribution in [0.2, 0.25) is 0 Å². The van der Waals surface area contributed by atoms with E-state index in [2.05, 4.69) is 15.5 Å². The highest BCUT2D eigenvalue weighted by Gasteiger charge is 2.25. The third-order valence-electron chi connectivity index (χ3n) is 3.68. The van der Waals surface area contributed by atoms with E-state index in [0.29, 0.717) is 24.9 Å². The quantitative estimate of drug-likeness (QED) is 0.895. The van der Waals surface area contributed by atoms with Gasteiger partial charge in [0.2, 0.25) is 17.6 Å². The molecule has 2 aromatic rings. The zero-order chi connectivity index (χ0) is 17.1. The highest BCUT2D eigenvalue weighted by atomic mass is 16.6. The van der Waals surface area contributed by atoms with Crippen LogP contribution in [0.1, 0.15) is 24.4 Å². The molecule has 1 saturated heterocycles. The number of carbonyl (C=O) groups is 2. The fraction of sp³-hybridized carbons (Fsp3) is 0.375. The van der Waals surface area contributed by atoms with Crippen LogP contribution >= 0.6 is 0 Å². The van der Waals surface area contributed by atoms with Crippen LogP contribution in [-0.2, 0) is 9.53 Å². The highest BCUT2D eigenvalue weighted by Crippen LogP contribution is 2.19. The number of nitrogens with zero attached hydrogens (tertiary/aromatic N) is 3. The van der Waals surface area contributed by atoms with E-state index < -0.39 is 12.1 Å². The molecule has 8 nitrogen and oxygen atoms in total. The van der Waals surface area contributed by atoms with E-state index in [0.717, 1.165) is 11.1 Å². The van der Waals surface area contributed by atoms with Gasteiger partial charge in [-0.2, -0.15) is 4.98 Å². The van der Waals surface area contributed by atoms with Crippen LogP contribution in [0.5, 0.6) is 0 Å². The van der Waals surface area contributed by atoms with Crippen molar-refractivity contribution in [3.8, 4) is 11.4 Å². The minimum absolute atomic E-state index is 0.0534. The Hall–Kier alpha value is -2.90. The zero-order valence-corrected chi connectivity index (χ0v) is 13.5. The molecule has 1 aliphatic rings. The van der Waals surface area contributed by atoms with E-state index in [1.165, 1.54) is 4.90 Å². The molecule has 0 radical (unpaired) electrons. The minimum Gasteiger partial charge on any atom is -0.448 e. The summed E-state index contributed by atoms with van der Waals surface area (Å²) in [6.07, 6.45) is -0.475. The van der Waals surface area contributed by atoms with Crippen LogP contribution in [0, 0.1) is 6.92 Å². The molecule has 1 aromatic heterocycles. The van der Waals surface area contributed by atoms with Gasteiger partial charge >= 0.3 is 6.09 Å². The Labute approximate surface area is 138 Å². The third-order valence-corrected chi connectivity index (χ3v) is 3.68. The molecule has 0 bridgehead atoms. The standard InChI is InChI=1S/C16H18N4O4/c1-10-3-5-12(6-4-10)14-18-15(24-19-14)11(2)17-13(21)9-20-7-8-23-16(20)22/h3-6,11H,7-9H2,1-2H3,(H,17,21)/t11-/m0/s1. The summed E-state index contributed by atoms with van der Waals surface area (Å²) in [5.41, 5.74) is 1.98. The fourth-order valence-corrected chi connectivity index (χ4v) is 2.32. The molecule has 1 fully saturated rings. The maximum atomic E-state index is 12.0. The lowest BCUT2D eigenvalue weighted by molar-refractivity contribution is -0.122. The van der Waals surface area contributed by atoms with E-state index >= 15 is 0 Å². The second kappa shape index (κ2) is 6.69. The first-order chi connectivity index (χ1) is 11.5. The monoisotopic (exact) mass is 330 g/mol. The van der Waals surface area contributed by atoms with Gasteiger partial charge in [-0.05, 0) is 13.8 Å². The van der Waals surface area contributed by atoms with Crippen LogP contribution in [0.3, 0.4) is 0 Å². The molecule has 0 unspecified atom stereocenters. The van der Waals surface area contributed by atoms with E-state index in [1.54, 1.807) is 6.92 Å². The van der Waals surface area contributed by atoms with E-state index in [1.807, 2.05) is 31.2 Å². The molecule has 2 amide bonds. The number of amides is 2. The van der Waals surface area contributed by atoms with Gasteiger partial charge in [-0.15, -0.1) is 0 Å². The topological polar surface area (TPSA) is 97.6 Å². The molecule has 0 saturated carbocycles. The number of aryl methyl sites for hydroxylation is 1. The van der Waals surface area contributed by atoms with Crippen molar-refractivity contribution in [1.29, 1.82) is 0 Å². The summed E-state index contributed by atoms with van der Waals surface area (Å²) in [5, 5.41) is 6.67. The predicted molar refractivity (Wildman–Crippen MR) is 83.9 cm³/mol. The second-order valence-electron chi connectivity index (χ2n) is 5.65. The molecular weight excluding hydrogens is 312 g/mol. The molecule has 0 aliphatic carbocycles. The van der Waals surface area contributed by atoms with Crippen molar-refractivity contribution in [2.45, 2.75) is 19.9 Å². The minimum atomic E-state index is -0.475. The van der Waals surface area contributed by atoms with Crippen molar-refractivity contribution in [1.82, 2.24) is 20.4 Å². The van der Waals surface area contributed by atoms with Crippen molar-refractivity contribution in [2.75, 3.05) is 19.7 Å². The van der Waals surface area contributed by atoms with Gasteiger partial charge in [-0.3, -0.25) is 9.69 Å². The Kier molecular flexibility index (Phi) is 4.45. The van der Waals surface area contributed by atoms with Crippen molar-refractivity contribution >= 4 is 12.0 Å². The van der Waals surface area contributed by atoms with Gasteiger partial charge in [0.25, 0.3) is 0 Å². The number of nitrogens with one attached hydrogen (secondary N) is 1. The smallest absolute Gasteiger partial charge is 0.410 e. The summed E-state index contributed by atoms with van der Waals surface area (Å²) in [7, 11) is 0. The maximum absolute atomic E-state index is 12.0. The number of aromatic nitrogens is 2. The van der Waals surface area contributed by atoms with Gasteiger partial charge in [0.05, 0.1) is 6.54 Å². The van der Waals surface area contributed by atoms with Crippen molar-refractivity contribution in [2.24, 2.45) is 0 Å². The first-order valence-corrected chi connectivity index (χ1v) is 7.64. The number of benzene rings is 1. The van der Waals surface area contributed by atoms with Crippen molar-refractivity contribution in [3.05, 3.63) is 35.7 Å². The van der Waals surface area contributed by atoms with E-state index in [-0.39, 0.29) is 12.5 Å². The normalized spacial score (nSPS) is 15.2. The van der Waals surface area contributed by atoms with Gasteiger partial charge in [0, 0.05) is 5.56 Å². The molecule has 8 heteroatoms. The third kappa shape index (κ3) is 3.53. The predicted octanol–water partition coefficient (Wildman–Crippen LogP) is 1.67. The number of ether oxygens (including phenoxy) is 1. The Morgan fingerprint density at radius 2 is 2.12 bits per heavy atom. The number of cyclic esters (lactones) is 1. The lowest BCUT2D eigenvalue weighted by Gasteiger charge is -2.14. The summed E-state index contributed by atoms with van der Waals surface area (Å²) in [6, 6.07) is 7.29. The summed E-state index contributed by atoms with van der Waals surface area (Å²) in [5.74, 6) is 0.466. The van der Waals surface area contributed by atoms with Crippen LogP contribution in [0.4, 0.5) is 4.79 Å². The van der Waals surface area contributed by atoms with Gasteiger partial charge < -0.3 is 14.6 Å². The number of rotatable bonds is 5. The average molecular weight is 330 g/mol. The second-order valence-corrected chi connectivity index (χ2v) is 5.65. The molecule has 1 aromatic carbocycles. The van der Waals surface area contributed by atoms with E-state index in [9.17, 15) is 9.59 Å². The van der Waals surface area contributed by atoms with Gasteiger partial charge in [-0.1, -0.05) is 35.0 Å². The molecular formula is C16H18N4O4. The fourth-order valence-electron chi connectivity index (χ4n) is 2.32. The maximum Gasteiger partial charge on any atom is 0.410 e. The summed E-state index contributed by atoms with van der Waals surface area (Å²) in [4.78, 5) is 29.0. The molecule has 3 rings (SSSR count). The van der Waals surface area contributed by atoms with Crippen LogP contribution in [0.25, 0.3) is 11.4 Å². The van der Waals surface area contributed by atoms with Crippen molar-refractivity contribution < 1.29 is 18.8 Å². The lowest BCUT2D eigenvalue weighted by Crippen LogP contribution is -2.38. The molecule has 126 valence electrons. The van der Waals surface area contributed by atoms with Gasteiger partial charge in [-0.25, -0.2) is 4.79 Å². The molecule has 1 atom stereocenters. The highest BCUT2D eigenvalue weighted by molar-refractivity contribution is 5.83. The SMILES string of the molecule is Cc1ccc(-c2noc([C@H](C)NC(=O)CN3CCOC3=O)n2)cc1. The van der Waals surface area contributed by atoms with Crippen LogP contribution in [-0.4, -0.2) is 46.7 Å². The van der Waals surface area contributed by atoms with Crippen LogP contribution in [0.15, 0.2) is 28.8 Å². The Morgan fingerprint density at radius 1 is 1.38 bits per heavy atom. The summed E-state index contributed by atoms with van der Waals surface area (Å²) < 4.78 is 10.0. The van der Waals surface area contributed by atoms with Crippen LogP contribution < -0.4 is 5.32 Å². The average Bonchev–Trinajstić information content (AvgIpc) is 3.18. The van der Waals surface area contributed by atoms with E-state index in [4.69, 9.17) is 9.26 Å². The Balaban J connectivity index is 1.61. The molecule has 0 spiro atoms. The number of hydrogen-bond donors (Lipinski definition) is 1. The Morgan fingerprint density at radius 3 is 2.79 bits per heavy atom. The molecule has 2 heterocycles. The molecule has 1 aliphatic heterocycles. The largest absolute Gasteiger partial charge is 0.448 e. The lowest BCUT2D eigenvalue weighted by atomic mass is 10.1. The Bertz CT molecular complexity index is 741. The number of hydrogen-bond acceptors (Lipinski definition) is 6. The number of carbonyl (C=O) groups excluding carboxylic acids is 2. The summed E-state index contributed by atoms with van der Waals surface area (Å²) in [6.45, 7) is 4.41. The first kappa shape index (κ1) is 16.0. The van der Waals surface area contributed by atoms with Gasteiger partial charge in [0.1, 0.15) is 19.2 Å². The van der Waals surface area contributed by atoms with Crippen molar-refractivity contribution in [3.63, 3.8) is 0 Å². The van der Waals surface area contributed by atoms with Gasteiger partial charge in [0.15, 0.2) is 0 Å². The molecule has 1 N–H and O–H groups in total.